The lowest BCUT2D eigenvalue weighted by Gasteiger charge is -2.37. The first-order valence-corrected chi connectivity index (χ1v) is 11.2. The minimum Gasteiger partial charge on any atom is -0.493 e. The van der Waals surface area contributed by atoms with E-state index in [0.29, 0.717) is 30.2 Å². The predicted molar refractivity (Wildman–Crippen MR) is 117 cm³/mol. The number of rotatable bonds is 7. The zero-order valence-corrected chi connectivity index (χ0v) is 19.4. The van der Waals surface area contributed by atoms with E-state index in [4.69, 9.17) is 18.9 Å². The summed E-state index contributed by atoms with van der Waals surface area (Å²) in [5.41, 5.74) is 0.353. The molecule has 1 amide bonds. The molecular formula is C24H35NO6. The Morgan fingerprint density at radius 2 is 1.61 bits per heavy atom. The smallest absolute Gasteiger partial charge is 0.329 e. The molecule has 2 aliphatic rings. The lowest BCUT2D eigenvalue weighted by Crippen LogP contribution is -2.51. The van der Waals surface area contributed by atoms with Crippen LogP contribution >= 0.6 is 0 Å². The summed E-state index contributed by atoms with van der Waals surface area (Å²) in [6.07, 6.45) is 6.38. The number of likely N-dealkylation sites (tertiary alicyclic amines) is 1. The van der Waals surface area contributed by atoms with Crippen LogP contribution in [-0.4, -0.2) is 56.3 Å². The lowest BCUT2D eigenvalue weighted by molar-refractivity contribution is -0.169. The summed E-state index contributed by atoms with van der Waals surface area (Å²) in [5, 5.41) is 0. The second-order valence-corrected chi connectivity index (χ2v) is 8.80. The first-order valence-electron chi connectivity index (χ1n) is 11.2. The van der Waals surface area contributed by atoms with Gasteiger partial charge in [0.05, 0.1) is 27.2 Å². The van der Waals surface area contributed by atoms with Crippen molar-refractivity contribution in [1.29, 1.82) is 0 Å². The number of hydrogen-bond acceptors (Lipinski definition) is 6. The molecule has 7 heteroatoms. The van der Waals surface area contributed by atoms with Gasteiger partial charge in [-0.1, -0.05) is 0 Å². The predicted octanol–water partition coefficient (Wildman–Crippen LogP) is 4.07. The summed E-state index contributed by atoms with van der Waals surface area (Å²) >= 11 is 0. The number of hydrogen-bond donors (Lipinski definition) is 0. The number of benzene rings is 1. The minimum atomic E-state index is -0.525. The van der Waals surface area contributed by atoms with Crippen molar-refractivity contribution in [2.45, 2.75) is 76.4 Å². The van der Waals surface area contributed by atoms with E-state index in [1.165, 1.54) is 0 Å². The van der Waals surface area contributed by atoms with Gasteiger partial charge in [0.25, 0.3) is 0 Å². The molecule has 1 heterocycles. The van der Waals surface area contributed by atoms with Gasteiger partial charge in [-0.15, -0.1) is 0 Å². The molecule has 1 aromatic rings. The van der Waals surface area contributed by atoms with E-state index < -0.39 is 17.6 Å². The number of methoxy groups -OCH3 is 3. The molecule has 0 unspecified atom stereocenters. The van der Waals surface area contributed by atoms with E-state index >= 15 is 0 Å². The maximum atomic E-state index is 13.5. The molecule has 1 aromatic carbocycles. The Balaban J connectivity index is 1.81. The summed E-state index contributed by atoms with van der Waals surface area (Å²) in [6.45, 7) is 4.41. The van der Waals surface area contributed by atoms with Crippen LogP contribution in [0.3, 0.4) is 0 Å². The van der Waals surface area contributed by atoms with E-state index in [1.54, 1.807) is 38.4 Å². The van der Waals surface area contributed by atoms with Gasteiger partial charge in [0.1, 0.15) is 11.6 Å². The van der Waals surface area contributed by atoms with Gasteiger partial charge in [0.2, 0.25) is 11.7 Å². The number of esters is 1. The molecule has 1 aliphatic heterocycles. The van der Waals surface area contributed by atoms with Gasteiger partial charge in [-0.2, -0.15) is 0 Å². The maximum absolute atomic E-state index is 13.5. The number of carbonyl (C=O) groups is 2. The van der Waals surface area contributed by atoms with Crippen LogP contribution in [0.2, 0.25) is 0 Å². The average molecular weight is 434 g/mol. The Morgan fingerprint density at radius 3 is 2.16 bits per heavy atom. The molecule has 2 fully saturated rings. The maximum Gasteiger partial charge on any atom is 0.329 e. The third-order valence-corrected chi connectivity index (χ3v) is 6.62. The topological polar surface area (TPSA) is 74.3 Å². The fraction of sp³-hybridized carbons (Fsp3) is 0.667. The number of ether oxygens (including phenoxy) is 4. The zero-order chi connectivity index (χ0) is 22.6. The molecule has 31 heavy (non-hydrogen) atoms. The minimum absolute atomic E-state index is 0.0903. The lowest BCUT2D eigenvalue weighted by atomic mass is 9.94. The largest absolute Gasteiger partial charge is 0.493 e. The van der Waals surface area contributed by atoms with Crippen molar-refractivity contribution >= 4 is 11.9 Å². The van der Waals surface area contributed by atoms with Crippen LogP contribution in [0.15, 0.2) is 12.1 Å². The zero-order valence-electron chi connectivity index (χ0n) is 19.4. The molecule has 7 nitrogen and oxygen atoms in total. The Labute approximate surface area is 185 Å². The normalized spacial score (nSPS) is 21.3. The number of carbonyl (C=O) groups excluding carboxylic acids is 2. The van der Waals surface area contributed by atoms with Crippen molar-refractivity contribution in [3.8, 4) is 17.2 Å². The van der Waals surface area contributed by atoms with Crippen molar-refractivity contribution in [2.75, 3.05) is 27.9 Å². The van der Waals surface area contributed by atoms with Crippen LogP contribution in [-0.2, 0) is 14.3 Å². The van der Waals surface area contributed by atoms with Crippen molar-refractivity contribution in [1.82, 2.24) is 4.90 Å². The Bertz CT molecular complexity index is 776. The monoisotopic (exact) mass is 433 g/mol. The van der Waals surface area contributed by atoms with Gasteiger partial charge < -0.3 is 23.8 Å². The molecule has 1 saturated heterocycles. The standard InChI is InChI=1S/C24H35NO6/c1-16(17-14-19(28-3)21(30-5)20(15-17)29-4)22(26)25-13-9-6-10-18(25)23(27)31-24(2)11-7-8-12-24/h14-16,18H,6-13H2,1-5H3/t16-,18-/m0/s1. The quantitative estimate of drug-likeness (QED) is 0.604. The van der Waals surface area contributed by atoms with Crippen LogP contribution < -0.4 is 14.2 Å². The summed E-state index contributed by atoms with van der Waals surface area (Å²) in [6, 6.07) is 3.06. The van der Waals surface area contributed by atoms with E-state index in [2.05, 4.69) is 0 Å². The van der Waals surface area contributed by atoms with Gasteiger partial charge in [-0.05, 0) is 76.5 Å². The first-order chi connectivity index (χ1) is 14.8. The third kappa shape index (κ3) is 4.91. The molecule has 0 bridgehead atoms. The molecule has 1 aliphatic carbocycles. The number of piperidine rings is 1. The third-order valence-electron chi connectivity index (χ3n) is 6.62. The highest BCUT2D eigenvalue weighted by Crippen LogP contribution is 2.41. The van der Waals surface area contributed by atoms with Crippen molar-refractivity contribution in [3.05, 3.63) is 17.7 Å². The SMILES string of the molecule is COc1cc([C@H](C)C(=O)N2CCCC[C@H]2C(=O)OC2(C)CCCC2)cc(OC)c1OC. The summed E-state index contributed by atoms with van der Waals surface area (Å²) < 4.78 is 22.2. The average Bonchev–Trinajstić information content (AvgIpc) is 3.22. The van der Waals surface area contributed by atoms with Gasteiger partial charge in [-0.3, -0.25) is 4.79 Å². The highest BCUT2D eigenvalue weighted by atomic mass is 16.6. The van der Waals surface area contributed by atoms with Crippen LogP contribution in [0.25, 0.3) is 0 Å². The van der Waals surface area contributed by atoms with Gasteiger partial charge >= 0.3 is 5.97 Å². The molecule has 172 valence electrons. The Hall–Kier alpha value is -2.44. The molecule has 0 radical (unpaired) electrons. The summed E-state index contributed by atoms with van der Waals surface area (Å²) in [4.78, 5) is 28.2. The van der Waals surface area contributed by atoms with E-state index in [-0.39, 0.29) is 11.9 Å². The number of nitrogens with zero attached hydrogens (tertiary/aromatic N) is 1. The molecule has 0 aromatic heterocycles. The first kappa shape index (κ1) is 23.2. The van der Waals surface area contributed by atoms with Gasteiger partial charge in [0, 0.05) is 6.54 Å². The molecule has 1 saturated carbocycles. The molecular weight excluding hydrogens is 398 g/mol. The molecule has 0 spiro atoms. The van der Waals surface area contributed by atoms with Crippen LogP contribution in [0.5, 0.6) is 17.2 Å². The van der Waals surface area contributed by atoms with E-state index in [1.807, 2.05) is 13.8 Å². The van der Waals surface area contributed by atoms with Crippen molar-refractivity contribution in [3.63, 3.8) is 0 Å². The highest BCUT2D eigenvalue weighted by Gasteiger charge is 2.40. The molecule has 3 rings (SSSR count). The fourth-order valence-electron chi connectivity index (χ4n) is 4.72. The van der Waals surface area contributed by atoms with Crippen molar-refractivity contribution in [2.24, 2.45) is 0 Å². The summed E-state index contributed by atoms with van der Waals surface area (Å²) in [5.74, 6) is 0.657. The molecule has 2 atom stereocenters. The van der Waals surface area contributed by atoms with Crippen molar-refractivity contribution < 1.29 is 28.5 Å². The Morgan fingerprint density at radius 1 is 1.00 bits per heavy atom. The molecule has 0 N–H and O–H groups in total. The van der Waals surface area contributed by atoms with E-state index in [0.717, 1.165) is 44.1 Å². The highest BCUT2D eigenvalue weighted by molar-refractivity contribution is 5.89. The fourth-order valence-corrected chi connectivity index (χ4v) is 4.72. The van der Waals surface area contributed by atoms with Crippen LogP contribution in [0.1, 0.15) is 70.3 Å². The van der Waals surface area contributed by atoms with E-state index in [9.17, 15) is 9.59 Å². The summed E-state index contributed by atoms with van der Waals surface area (Å²) in [7, 11) is 4.64. The van der Waals surface area contributed by atoms with Gasteiger partial charge in [-0.25, -0.2) is 4.79 Å². The number of amides is 1. The Kier molecular flexibility index (Phi) is 7.34. The second-order valence-electron chi connectivity index (χ2n) is 8.80. The van der Waals surface area contributed by atoms with Crippen LogP contribution in [0, 0.1) is 0 Å². The second kappa shape index (κ2) is 9.79. The van der Waals surface area contributed by atoms with Gasteiger partial charge in [0.15, 0.2) is 11.5 Å². The van der Waals surface area contributed by atoms with Crippen LogP contribution in [0.4, 0.5) is 0 Å².